The van der Waals surface area contributed by atoms with Crippen LogP contribution in [0.3, 0.4) is 0 Å². The van der Waals surface area contributed by atoms with Crippen molar-refractivity contribution in [1.82, 2.24) is 19.4 Å². The first-order valence-corrected chi connectivity index (χ1v) is 18.1. The Hall–Kier alpha value is -5.14. The topological polar surface area (TPSA) is 132 Å². The van der Waals surface area contributed by atoms with E-state index in [1.54, 1.807) is 35.2 Å². The molecule has 11 heteroatoms. The lowest BCUT2D eigenvalue weighted by molar-refractivity contribution is -0.128. The second-order valence-electron chi connectivity index (χ2n) is 14.9. The van der Waals surface area contributed by atoms with Crippen LogP contribution in [0, 0.1) is 22.7 Å². The third-order valence-corrected chi connectivity index (χ3v) is 10.1. The number of imidazole rings is 1. The van der Waals surface area contributed by atoms with Crippen molar-refractivity contribution in [1.29, 1.82) is 5.26 Å². The summed E-state index contributed by atoms with van der Waals surface area (Å²) in [5, 5.41) is 23.9. The molecule has 0 saturated carbocycles. The molecule has 1 saturated heterocycles. The van der Waals surface area contributed by atoms with E-state index in [0.29, 0.717) is 54.4 Å². The lowest BCUT2D eigenvalue weighted by Crippen LogP contribution is -2.47. The monoisotopic (exact) mass is 722 g/mol. The largest absolute Gasteiger partial charge is 0.465 e. The highest BCUT2D eigenvalue weighted by atomic mass is 35.5. The minimum absolute atomic E-state index is 0.0369. The summed E-state index contributed by atoms with van der Waals surface area (Å²) in [5.41, 5.74) is 3.26. The first kappa shape index (κ1) is 38.1. The molecule has 2 N–H and O–H groups in total. The molecule has 0 radical (unpaired) electrons. The molecule has 3 unspecified atom stereocenters. The Morgan fingerprint density at radius 1 is 1.08 bits per heavy atom. The minimum atomic E-state index is -1.01. The molecule has 3 aromatic carbocycles. The number of likely N-dealkylation sites (tertiary alicyclic amines) is 1. The zero-order valence-electron chi connectivity index (χ0n) is 30.6. The Morgan fingerprint density at radius 3 is 2.38 bits per heavy atom. The Bertz CT molecular complexity index is 1990. The number of amides is 3. The molecule has 5 rings (SSSR count). The number of hydrogen-bond acceptors (Lipinski definition) is 5. The summed E-state index contributed by atoms with van der Waals surface area (Å²) in [6.07, 6.45) is 2.52. The number of carbonyl (C=O) groups excluding carboxylic acids is 2. The Kier molecular flexibility index (Phi) is 11.8. The van der Waals surface area contributed by atoms with Gasteiger partial charge in [-0.1, -0.05) is 88.7 Å². The summed E-state index contributed by atoms with van der Waals surface area (Å²) >= 11 is 6.09. The van der Waals surface area contributed by atoms with E-state index < -0.39 is 12.1 Å². The van der Waals surface area contributed by atoms with Crippen molar-refractivity contribution in [3.8, 4) is 6.07 Å². The first-order chi connectivity index (χ1) is 24.7. The SMILES string of the molecule is CC(C)C=C(C#N)C(=O)N1CCCC(n2c(NC(=O)c3ccc(Cl)cc3)nc3cc(C(Cc4ccccc4)N(C(=O)O)C(C)C(C)(C)C)ccc32)C1. The molecule has 52 heavy (non-hydrogen) atoms. The van der Waals surface area contributed by atoms with Crippen LogP contribution in [0.1, 0.15) is 88.0 Å². The van der Waals surface area contributed by atoms with E-state index in [4.69, 9.17) is 16.6 Å². The lowest BCUT2D eigenvalue weighted by atomic mass is 9.84. The molecule has 4 aromatic rings. The van der Waals surface area contributed by atoms with Gasteiger partial charge >= 0.3 is 6.09 Å². The first-order valence-electron chi connectivity index (χ1n) is 17.7. The van der Waals surface area contributed by atoms with E-state index in [-0.39, 0.29) is 40.8 Å². The fraction of sp³-hybridized carbons (Fsp3) is 0.390. The van der Waals surface area contributed by atoms with Crippen molar-refractivity contribution in [3.05, 3.63) is 106 Å². The molecule has 1 fully saturated rings. The quantitative estimate of drug-likeness (QED) is 0.124. The van der Waals surface area contributed by atoms with E-state index in [1.165, 1.54) is 4.90 Å². The molecule has 3 atom stereocenters. The third-order valence-electron chi connectivity index (χ3n) is 9.83. The fourth-order valence-corrected chi connectivity index (χ4v) is 6.89. The number of aromatic nitrogens is 2. The van der Waals surface area contributed by atoms with Crippen molar-refractivity contribution in [2.24, 2.45) is 11.3 Å². The Labute approximate surface area is 310 Å². The van der Waals surface area contributed by atoms with Gasteiger partial charge in [0.1, 0.15) is 11.6 Å². The summed E-state index contributed by atoms with van der Waals surface area (Å²) in [6.45, 7) is 12.7. The predicted octanol–water partition coefficient (Wildman–Crippen LogP) is 8.91. The third kappa shape index (κ3) is 8.65. The molecule has 272 valence electrons. The smallest absolute Gasteiger partial charge is 0.408 e. The number of rotatable bonds is 10. The van der Waals surface area contributed by atoms with Crippen molar-refractivity contribution < 1.29 is 19.5 Å². The number of anilines is 1. The summed E-state index contributed by atoms with van der Waals surface area (Å²) in [6, 6.07) is 23.1. The maximum Gasteiger partial charge on any atom is 0.408 e. The molecular formula is C41H47ClN6O4. The van der Waals surface area contributed by atoms with Gasteiger partial charge in [0.05, 0.1) is 23.1 Å². The standard InChI is InChI=1S/C41H47ClN6O4/c1-26(2)21-31(24-43)38(50)46-20-10-13-33(25-46)48-35-19-16-30(23-34(35)44-39(48)45-37(49)29-14-17-32(42)18-15-29)36(22-28-11-8-7-9-12-28)47(40(51)52)27(3)41(4,5)6/h7-9,11-12,14-19,21,23,26-27,33,36H,10,13,20,22,25H2,1-6H3,(H,51,52)(H,44,45,49). The van der Waals surface area contributed by atoms with E-state index >= 15 is 0 Å². The number of nitriles is 1. The van der Waals surface area contributed by atoms with Crippen LogP contribution in [0.25, 0.3) is 11.0 Å². The van der Waals surface area contributed by atoms with Crippen LogP contribution < -0.4 is 5.32 Å². The number of allylic oxidation sites excluding steroid dienone is 1. The maximum absolute atomic E-state index is 13.6. The molecule has 3 amide bonds. The molecular weight excluding hydrogens is 676 g/mol. The summed E-state index contributed by atoms with van der Waals surface area (Å²) in [4.78, 5) is 48.3. The predicted molar refractivity (Wildman–Crippen MR) is 204 cm³/mol. The number of halogens is 1. The number of carbonyl (C=O) groups is 3. The second-order valence-corrected chi connectivity index (χ2v) is 15.4. The lowest BCUT2D eigenvalue weighted by Gasteiger charge is -2.41. The molecule has 1 aliphatic heterocycles. The number of nitrogens with one attached hydrogen (secondary N) is 1. The number of benzene rings is 3. The number of carboxylic acid groups (broad SMARTS) is 1. The van der Waals surface area contributed by atoms with Crippen LogP contribution in [0.15, 0.2) is 84.4 Å². The van der Waals surface area contributed by atoms with Gasteiger partial charge in [-0.15, -0.1) is 0 Å². The number of fused-ring (bicyclic) bond motifs is 1. The molecule has 2 heterocycles. The number of piperidine rings is 1. The zero-order chi connectivity index (χ0) is 37.7. The highest BCUT2D eigenvalue weighted by molar-refractivity contribution is 6.30. The molecule has 0 spiro atoms. The van der Waals surface area contributed by atoms with Gasteiger partial charge in [-0.3, -0.25) is 19.8 Å². The van der Waals surface area contributed by atoms with Gasteiger partial charge in [0.2, 0.25) is 5.95 Å². The highest BCUT2D eigenvalue weighted by Gasteiger charge is 2.36. The van der Waals surface area contributed by atoms with Gasteiger partial charge in [0, 0.05) is 29.7 Å². The second kappa shape index (κ2) is 16.0. The van der Waals surface area contributed by atoms with Gasteiger partial charge in [0.15, 0.2) is 0 Å². The molecule has 0 bridgehead atoms. The highest BCUT2D eigenvalue weighted by Crippen LogP contribution is 2.37. The van der Waals surface area contributed by atoms with Crippen LogP contribution in [0.2, 0.25) is 5.02 Å². The normalized spacial score (nSPS) is 16.3. The number of hydrogen-bond donors (Lipinski definition) is 2. The van der Waals surface area contributed by atoms with Gasteiger partial charge in [-0.2, -0.15) is 5.26 Å². The minimum Gasteiger partial charge on any atom is -0.465 e. The average molecular weight is 723 g/mol. The Morgan fingerprint density at radius 2 is 1.77 bits per heavy atom. The van der Waals surface area contributed by atoms with Gasteiger partial charge in [-0.25, -0.2) is 9.78 Å². The van der Waals surface area contributed by atoms with Gasteiger partial charge in [0.25, 0.3) is 11.8 Å². The van der Waals surface area contributed by atoms with E-state index in [2.05, 4.69) is 11.4 Å². The fourth-order valence-electron chi connectivity index (χ4n) is 6.77. The summed E-state index contributed by atoms with van der Waals surface area (Å²) in [5.74, 6) is -0.344. The van der Waals surface area contributed by atoms with Crippen molar-refractivity contribution in [2.45, 2.75) is 78.9 Å². The zero-order valence-corrected chi connectivity index (χ0v) is 31.4. The summed E-state index contributed by atoms with van der Waals surface area (Å²) in [7, 11) is 0. The van der Waals surface area contributed by atoms with Crippen LogP contribution in [-0.2, 0) is 11.2 Å². The van der Waals surface area contributed by atoms with Crippen LogP contribution in [0.5, 0.6) is 0 Å². The van der Waals surface area contributed by atoms with Crippen LogP contribution >= 0.6 is 11.6 Å². The molecule has 10 nitrogen and oxygen atoms in total. The van der Waals surface area contributed by atoms with Gasteiger partial charge < -0.3 is 14.6 Å². The molecule has 1 aromatic heterocycles. The van der Waals surface area contributed by atoms with Crippen molar-refractivity contribution in [3.63, 3.8) is 0 Å². The summed E-state index contributed by atoms with van der Waals surface area (Å²) < 4.78 is 1.96. The number of nitrogens with zero attached hydrogens (tertiary/aromatic N) is 5. The van der Waals surface area contributed by atoms with E-state index in [9.17, 15) is 24.8 Å². The molecule has 1 aliphatic rings. The van der Waals surface area contributed by atoms with E-state index in [1.807, 2.05) is 94.6 Å². The maximum atomic E-state index is 13.6. The van der Waals surface area contributed by atoms with Gasteiger partial charge in [-0.05, 0) is 85.0 Å². The average Bonchev–Trinajstić information content (AvgIpc) is 3.47. The molecule has 0 aliphatic carbocycles. The van der Waals surface area contributed by atoms with E-state index in [0.717, 1.165) is 16.6 Å². The Balaban J connectivity index is 1.62. The van der Waals surface area contributed by atoms with Crippen molar-refractivity contribution in [2.75, 3.05) is 18.4 Å². The van der Waals surface area contributed by atoms with Crippen molar-refractivity contribution >= 4 is 46.5 Å². The van der Waals surface area contributed by atoms with Crippen LogP contribution in [0.4, 0.5) is 10.7 Å². The van der Waals surface area contributed by atoms with Crippen LogP contribution in [-0.4, -0.2) is 61.5 Å².